The van der Waals surface area contributed by atoms with Gasteiger partial charge in [-0.2, -0.15) is 0 Å². The number of nitrogen functional groups attached to an aromatic ring is 1. The molecule has 1 aliphatic rings. The maximum atomic E-state index is 12.2. The van der Waals surface area contributed by atoms with E-state index in [0.717, 1.165) is 18.8 Å². The molecule has 5 nitrogen and oxygen atoms in total. The summed E-state index contributed by atoms with van der Waals surface area (Å²) >= 11 is 0. The van der Waals surface area contributed by atoms with Gasteiger partial charge in [0.1, 0.15) is 4.90 Å². The van der Waals surface area contributed by atoms with Crippen molar-refractivity contribution in [3.63, 3.8) is 0 Å². The third kappa shape index (κ3) is 3.07. The molecule has 0 aromatic heterocycles. The molecular formula is C14H23N3O2S. The van der Waals surface area contributed by atoms with E-state index in [1.165, 1.54) is 32.4 Å². The molecule has 1 saturated carbocycles. The fraction of sp³-hybridized carbons (Fsp3) is 0.571. The summed E-state index contributed by atoms with van der Waals surface area (Å²) in [6.07, 6.45) is 3.75. The van der Waals surface area contributed by atoms with Gasteiger partial charge in [-0.3, -0.25) is 0 Å². The van der Waals surface area contributed by atoms with Gasteiger partial charge in [-0.05, 0) is 50.9 Å². The van der Waals surface area contributed by atoms with E-state index in [-0.39, 0.29) is 4.90 Å². The van der Waals surface area contributed by atoms with Crippen molar-refractivity contribution >= 4 is 21.4 Å². The summed E-state index contributed by atoms with van der Waals surface area (Å²) in [5.74, 6) is 0.678. The van der Waals surface area contributed by atoms with E-state index < -0.39 is 10.0 Å². The lowest BCUT2D eigenvalue weighted by Crippen LogP contribution is -2.34. The average Bonchev–Trinajstić information content (AvgIpc) is 2.38. The van der Waals surface area contributed by atoms with Crippen molar-refractivity contribution in [2.75, 3.05) is 30.8 Å². The predicted molar refractivity (Wildman–Crippen MR) is 82.3 cm³/mol. The lowest BCUT2D eigenvalue weighted by Gasteiger charge is -2.34. The predicted octanol–water partition coefficient (Wildman–Crippen LogP) is 1.80. The number of rotatable bonds is 6. The molecule has 0 heterocycles. The van der Waals surface area contributed by atoms with Gasteiger partial charge in [0.15, 0.2) is 0 Å². The van der Waals surface area contributed by atoms with Crippen LogP contribution in [-0.2, 0) is 10.0 Å². The van der Waals surface area contributed by atoms with Crippen LogP contribution >= 0.6 is 0 Å². The van der Waals surface area contributed by atoms with Crippen molar-refractivity contribution in [2.45, 2.75) is 31.1 Å². The van der Waals surface area contributed by atoms with Gasteiger partial charge in [-0.1, -0.05) is 6.42 Å². The summed E-state index contributed by atoms with van der Waals surface area (Å²) in [6.45, 7) is 3.74. The zero-order chi connectivity index (χ0) is 14.8. The van der Waals surface area contributed by atoms with Gasteiger partial charge in [0.25, 0.3) is 0 Å². The van der Waals surface area contributed by atoms with E-state index >= 15 is 0 Å². The van der Waals surface area contributed by atoms with Crippen molar-refractivity contribution in [3.05, 3.63) is 18.2 Å². The summed E-state index contributed by atoms with van der Waals surface area (Å²) in [7, 11) is -2.08. The molecule has 0 aliphatic heterocycles. The minimum absolute atomic E-state index is 0.265. The molecule has 1 aromatic rings. The SMILES string of the molecule is CCN(CC1CCC1)c1ccc(N)cc1S(=O)(=O)NC. The molecule has 3 N–H and O–H groups in total. The van der Waals surface area contributed by atoms with Crippen molar-refractivity contribution in [1.82, 2.24) is 4.72 Å². The number of nitrogens with zero attached hydrogens (tertiary/aromatic N) is 1. The number of hydrogen-bond donors (Lipinski definition) is 2. The van der Waals surface area contributed by atoms with E-state index in [1.807, 2.05) is 13.0 Å². The highest BCUT2D eigenvalue weighted by atomic mass is 32.2. The summed E-state index contributed by atoms with van der Waals surface area (Å²) in [5.41, 5.74) is 6.95. The highest BCUT2D eigenvalue weighted by Gasteiger charge is 2.24. The standard InChI is InChI=1S/C14H23N3O2S/c1-3-17(10-11-5-4-6-11)13-8-7-12(15)9-14(13)20(18,19)16-2/h7-9,11,16H,3-6,10,15H2,1-2H3. The van der Waals surface area contributed by atoms with Gasteiger partial charge in [-0.25, -0.2) is 13.1 Å². The molecule has 0 radical (unpaired) electrons. The Morgan fingerprint density at radius 3 is 2.60 bits per heavy atom. The molecule has 1 aromatic carbocycles. The van der Waals surface area contributed by atoms with Crippen LogP contribution in [0, 0.1) is 5.92 Å². The summed E-state index contributed by atoms with van der Waals surface area (Å²) in [5, 5.41) is 0. The second-order valence-corrected chi connectivity index (χ2v) is 7.13. The Labute approximate surface area is 121 Å². The fourth-order valence-electron chi connectivity index (χ4n) is 2.50. The number of sulfonamides is 1. The van der Waals surface area contributed by atoms with Crippen molar-refractivity contribution in [2.24, 2.45) is 5.92 Å². The van der Waals surface area contributed by atoms with Gasteiger partial charge in [0.2, 0.25) is 10.0 Å². The Hall–Kier alpha value is -1.27. The highest BCUT2D eigenvalue weighted by Crippen LogP contribution is 2.32. The first-order chi connectivity index (χ1) is 9.47. The minimum atomic E-state index is -3.50. The summed E-state index contributed by atoms with van der Waals surface area (Å²) in [6, 6.07) is 5.10. The molecule has 2 rings (SSSR count). The first kappa shape index (κ1) is 15.1. The van der Waals surface area contributed by atoms with Crippen LogP contribution in [-0.4, -0.2) is 28.6 Å². The fourth-order valence-corrected chi connectivity index (χ4v) is 3.49. The van der Waals surface area contributed by atoms with Crippen LogP contribution in [0.5, 0.6) is 0 Å². The van der Waals surface area contributed by atoms with E-state index in [0.29, 0.717) is 11.6 Å². The molecular weight excluding hydrogens is 274 g/mol. The Balaban J connectivity index is 2.38. The number of nitrogens with two attached hydrogens (primary N) is 1. The molecule has 112 valence electrons. The molecule has 0 atom stereocenters. The second kappa shape index (κ2) is 6.01. The maximum absolute atomic E-state index is 12.2. The van der Waals surface area contributed by atoms with E-state index in [9.17, 15) is 8.42 Å². The van der Waals surface area contributed by atoms with Crippen LogP contribution in [0.25, 0.3) is 0 Å². The quantitative estimate of drug-likeness (QED) is 0.785. The van der Waals surface area contributed by atoms with Crippen LogP contribution in [0.3, 0.4) is 0 Å². The zero-order valence-electron chi connectivity index (χ0n) is 12.1. The van der Waals surface area contributed by atoms with Crippen LogP contribution in [0.4, 0.5) is 11.4 Å². The zero-order valence-corrected chi connectivity index (χ0v) is 12.9. The molecule has 1 aliphatic carbocycles. The van der Waals surface area contributed by atoms with Gasteiger partial charge in [-0.15, -0.1) is 0 Å². The molecule has 6 heteroatoms. The van der Waals surface area contributed by atoms with Crippen molar-refractivity contribution < 1.29 is 8.42 Å². The largest absolute Gasteiger partial charge is 0.399 e. The summed E-state index contributed by atoms with van der Waals surface area (Å²) in [4.78, 5) is 2.40. The van der Waals surface area contributed by atoms with Crippen LogP contribution in [0.15, 0.2) is 23.1 Å². The number of benzene rings is 1. The molecule has 1 fully saturated rings. The lowest BCUT2D eigenvalue weighted by molar-refractivity contribution is 0.318. The van der Waals surface area contributed by atoms with Gasteiger partial charge >= 0.3 is 0 Å². The molecule has 20 heavy (non-hydrogen) atoms. The molecule has 0 saturated heterocycles. The lowest BCUT2D eigenvalue weighted by atomic mass is 9.85. The Bertz CT molecular complexity index is 568. The highest BCUT2D eigenvalue weighted by molar-refractivity contribution is 7.89. The van der Waals surface area contributed by atoms with Crippen molar-refractivity contribution in [1.29, 1.82) is 0 Å². The molecule has 0 amide bonds. The Morgan fingerprint density at radius 2 is 2.10 bits per heavy atom. The van der Waals surface area contributed by atoms with Crippen LogP contribution < -0.4 is 15.4 Å². The topological polar surface area (TPSA) is 75.4 Å². The maximum Gasteiger partial charge on any atom is 0.242 e. The number of anilines is 2. The van der Waals surface area contributed by atoms with Gasteiger partial charge in [0, 0.05) is 18.8 Å². The van der Waals surface area contributed by atoms with Gasteiger partial charge in [0.05, 0.1) is 5.69 Å². The third-order valence-corrected chi connectivity index (χ3v) is 5.41. The monoisotopic (exact) mass is 297 g/mol. The number of nitrogens with one attached hydrogen (secondary N) is 1. The average molecular weight is 297 g/mol. The van der Waals surface area contributed by atoms with Crippen LogP contribution in [0.2, 0.25) is 0 Å². The second-order valence-electron chi connectivity index (χ2n) is 5.27. The van der Waals surface area contributed by atoms with E-state index in [1.54, 1.807) is 6.07 Å². The Kier molecular flexibility index (Phi) is 4.55. The first-order valence-corrected chi connectivity index (χ1v) is 8.54. The van der Waals surface area contributed by atoms with Gasteiger partial charge < -0.3 is 10.6 Å². The van der Waals surface area contributed by atoms with E-state index in [2.05, 4.69) is 9.62 Å². The van der Waals surface area contributed by atoms with E-state index in [4.69, 9.17) is 5.73 Å². The van der Waals surface area contributed by atoms with Crippen LogP contribution in [0.1, 0.15) is 26.2 Å². The third-order valence-electron chi connectivity index (χ3n) is 3.97. The molecule has 0 bridgehead atoms. The molecule has 0 unspecified atom stereocenters. The smallest absolute Gasteiger partial charge is 0.242 e. The summed E-state index contributed by atoms with van der Waals surface area (Å²) < 4.78 is 26.7. The minimum Gasteiger partial charge on any atom is -0.399 e. The first-order valence-electron chi connectivity index (χ1n) is 7.06. The van der Waals surface area contributed by atoms with Crippen molar-refractivity contribution in [3.8, 4) is 0 Å². The Morgan fingerprint density at radius 1 is 1.40 bits per heavy atom. The number of hydrogen-bond acceptors (Lipinski definition) is 4. The normalized spacial score (nSPS) is 15.9. The molecule has 0 spiro atoms.